The van der Waals surface area contributed by atoms with E-state index in [4.69, 9.17) is 5.48 Å². The first-order chi connectivity index (χ1) is 5.63. The molecule has 0 aliphatic rings. The molecule has 0 radical (unpaired) electrons. The van der Waals surface area contributed by atoms with E-state index in [-0.39, 0.29) is 6.90 Å². The Morgan fingerprint density at radius 2 is 2.50 bits per heavy atom. The molecule has 0 amide bonds. The van der Waals surface area contributed by atoms with E-state index in [0.29, 0.717) is 0 Å². The minimum Gasteiger partial charge on any atom is -0.0888 e. The molecule has 0 saturated carbocycles. The Morgan fingerprint density at radius 3 is 3.12 bits per heavy atom. The molecular formula is C8H16. The maximum atomic E-state index is 7.44. The van der Waals surface area contributed by atoms with Crippen molar-refractivity contribution in [3.63, 3.8) is 0 Å². The summed E-state index contributed by atoms with van der Waals surface area (Å²) in [5.41, 5.74) is 0. The van der Waals surface area contributed by atoms with Crippen LogP contribution in [0.15, 0.2) is 12.2 Å². The average Bonchev–Trinajstić information content (AvgIpc) is 2.11. The predicted molar refractivity (Wildman–Crippen MR) is 39.0 cm³/mol. The summed E-state index contributed by atoms with van der Waals surface area (Å²) in [4.78, 5) is 0. The van der Waals surface area contributed by atoms with E-state index in [1.807, 2.05) is 13.0 Å². The van der Waals surface area contributed by atoms with E-state index in [1.165, 1.54) is 0 Å². The maximum Gasteiger partial charge on any atom is 0.0310 e. The van der Waals surface area contributed by atoms with Gasteiger partial charge in [0.25, 0.3) is 0 Å². The highest BCUT2D eigenvalue weighted by molar-refractivity contribution is 4.79. The largest absolute Gasteiger partial charge is 0.0888 e. The molecule has 0 heterocycles. The number of hydrogen-bond donors (Lipinski definition) is 0. The summed E-state index contributed by atoms with van der Waals surface area (Å²) >= 11 is 0. The second-order valence-corrected chi connectivity index (χ2v) is 1.46. The first-order valence-corrected chi connectivity index (χ1v) is 2.86. The van der Waals surface area contributed by atoms with Gasteiger partial charge in [0, 0.05) is 5.48 Å². The Morgan fingerprint density at radius 1 is 1.62 bits per heavy atom. The van der Waals surface area contributed by atoms with Crippen molar-refractivity contribution in [3.8, 4) is 0 Å². The molecule has 0 rings (SSSR count). The van der Waals surface area contributed by atoms with Gasteiger partial charge in [0.2, 0.25) is 0 Å². The minimum atomic E-state index is -0.787. The molecule has 48 valence electrons. The third kappa shape index (κ3) is 5.74. The van der Waals surface area contributed by atoms with Crippen LogP contribution in [0.25, 0.3) is 0 Å². The van der Waals surface area contributed by atoms with Gasteiger partial charge in [-0.3, -0.25) is 0 Å². The monoisotopic (exact) mass is 116 g/mol. The highest BCUT2D eigenvalue weighted by Crippen LogP contribution is 1.94. The van der Waals surface area contributed by atoms with E-state index in [0.717, 1.165) is 6.42 Å². The quantitative estimate of drug-likeness (QED) is 0.495. The SMILES string of the molecule is [2H]CC([2H])C([2H])C([2H])/C=C/CC. The van der Waals surface area contributed by atoms with Crippen LogP contribution in [0.1, 0.15) is 44.9 Å². The molecule has 0 fully saturated rings. The lowest BCUT2D eigenvalue weighted by atomic mass is 10.2. The van der Waals surface area contributed by atoms with E-state index < -0.39 is 19.2 Å². The molecule has 8 heavy (non-hydrogen) atoms. The molecule has 0 bridgehead atoms. The van der Waals surface area contributed by atoms with Crippen molar-refractivity contribution in [2.24, 2.45) is 0 Å². The second-order valence-electron chi connectivity index (χ2n) is 1.46. The molecule has 0 spiro atoms. The fraction of sp³-hybridized carbons (Fsp3) is 0.750. The molecule has 3 atom stereocenters. The van der Waals surface area contributed by atoms with Gasteiger partial charge in [0.15, 0.2) is 0 Å². The van der Waals surface area contributed by atoms with Gasteiger partial charge in [-0.05, 0) is 12.8 Å². The van der Waals surface area contributed by atoms with Crippen molar-refractivity contribution in [2.75, 3.05) is 0 Å². The summed E-state index contributed by atoms with van der Waals surface area (Å²) in [7, 11) is 0. The Bertz CT molecular complexity index is 135. The molecule has 0 aromatic rings. The summed E-state index contributed by atoms with van der Waals surface area (Å²) in [5.74, 6) is 0. The number of hydrogen-bond acceptors (Lipinski definition) is 0. The highest BCUT2D eigenvalue weighted by atomic mass is 13.8. The third-order valence-corrected chi connectivity index (χ3v) is 0.730. The van der Waals surface area contributed by atoms with Crippen LogP contribution in [-0.2, 0) is 0 Å². The Hall–Kier alpha value is -0.260. The van der Waals surface area contributed by atoms with Gasteiger partial charge in [0.05, 0.1) is 0 Å². The Kier molecular flexibility index (Phi) is 2.57. The molecule has 3 unspecified atom stereocenters. The van der Waals surface area contributed by atoms with E-state index >= 15 is 0 Å². The van der Waals surface area contributed by atoms with Gasteiger partial charge in [0.1, 0.15) is 0 Å². The zero-order chi connectivity index (χ0) is 9.56. The van der Waals surface area contributed by atoms with Crippen molar-refractivity contribution < 1.29 is 5.48 Å². The van der Waals surface area contributed by atoms with Gasteiger partial charge in [-0.2, -0.15) is 0 Å². The molecule has 0 N–H and O–H groups in total. The predicted octanol–water partition coefficient (Wildman–Crippen LogP) is 3.14. The molecular weight excluding hydrogens is 96.1 g/mol. The molecule has 0 aliphatic heterocycles. The van der Waals surface area contributed by atoms with Gasteiger partial charge in [-0.15, -0.1) is 0 Å². The van der Waals surface area contributed by atoms with Gasteiger partial charge >= 0.3 is 0 Å². The lowest BCUT2D eigenvalue weighted by molar-refractivity contribution is 0.812. The summed E-state index contributed by atoms with van der Waals surface area (Å²) < 4.78 is 29.0. The zero-order valence-corrected chi connectivity index (χ0v) is 5.30. The molecule has 0 aromatic carbocycles. The lowest BCUT2D eigenvalue weighted by Crippen LogP contribution is -1.65. The van der Waals surface area contributed by atoms with Crippen LogP contribution in [0.2, 0.25) is 0 Å². The van der Waals surface area contributed by atoms with Crippen LogP contribution in [0.4, 0.5) is 0 Å². The summed E-state index contributed by atoms with van der Waals surface area (Å²) in [6, 6.07) is 0. The Labute approximate surface area is 58.2 Å². The average molecular weight is 116 g/mol. The van der Waals surface area contributed by atoms with E-state index in [9.17, 15) is 0 Å². The van der Waals surface area contributed by atoms with Crippen LogP contribution in [0.3, 0.4) is 0 Å². The van der Waals surface area contributed by atoms with Gasteiger partial charge in [-0.25, -0.2) is 0 Å². The number of rotatable bonds is 4. The van der Waals surface area contributed by atoms with Crippen LogP contribution in [0, 0.1) is 0 Å². The van der Waals surface area contributed by atoms with Crippen LogP contribution < -0.4 is 0 Å². The van der Waals surface area contributed by atoms with Crippen LogP contribution in [0.5, 0.6) is 0 Å². The normalized spacial score (nSPS) is 29.6. The number of allylic oxidation sites excluding steroid dienone is 2. The van der Waals surface area contributed by atoms with Crippen molar-refractivity contribution in [1.82, 2.24) is 0 Å². The van der Waals surface area contributed by atoms with E-state index in [2.05, 4.69) is 0 Å². The first-order valence-electron chi connectivity index (χ1n) is 5.30. The summed E-state index contributed by atoms with van der Waals surface area (Å²) in [5, 5.41) is 0. The maximum absolute atomic E-state index is 7.44. The van der Waals surface area contributed by atoms with Crippen molar-refractivity contribution in [3.05, 3.63) is 12.2 Å². The lowest BCUT2D eigenvalue weighted by Gasteiger charge is -1.85. The first kappa shape index (κ1) is 3.05. The molecule has 0 saturated heterocycles. The van der Waals surface area contributed by atoms with Crippen LogP contribution in [-0.4, -0.2) is 0 Å². The molecule has 0 aromatic heterocycles. The fourth-order valence-electron chi connectivity index (χ4n) is 0.357. The highest BCUT2D eigenvalue weighted by Gasteiger charge is 1.74. The van der Waals surface area contributed by atoms with Crippen LogP contribution >= 0.6 is 0 Å². The van der Waals surface area contributed by atoms with Crippen molar-refractivity contribution in [1.29, 1.82) is 0 Å². The third-order valence-electron chi connectivity index (χ3n) is 0.730. The summed E-state index contributed by atoms with van der Waals surface area (Å²) in [6.07, 6.45) is 2.12. The van der Waals surface area contributed by atoms with Crippen molar-refractivity contribution in [2.45, 2.75) is 39.4 Å². The van der Waals surface area contributed by atoms with Gasteiger partial charge in [-0.1, -0.05) is 38.8 Å². The van der Waals surface area contributed by atoms with Crippen molar-refractivity contribution >= 4 is 0 Å². The molecule has 0 aliphatic carbocycles. The topological polar surface area (TPSA) is 0 Å². The fourth-order valence-corrected chi connectivity index (χ4v) is 0.357. The second kappa shape index (κ2) is 6.74. The van der Waals surface area contributed by atoms with Gasteiger partial charge < -0.3 is 0 Å². The molecule has 0 heteroatoms. The molecule has 0 nitrogen and oxygen atoms in total. The zero-order valence-electron chi connectivity index (χ0n) is 9.30. The Balaban J connectivity index is 3.91. The summed E-state index contributed by atoms with van der Waals surface area (Å²) in [6.45, 7) is 1.87. The minimum absolute atomic E-state index is 0.0937. The standard InChI is InChI=1S/C8H16/c1-3-5-7-8-6-4-2/h5,7H,3-4,6,8H2,1-2H3/b7-5+/i2D,4D,6D,8D. The van der Waals surface area contributed by atoms with E-state index in [1.54, 1.807) is 6.08 Å². The smallest absolute Gasteiger partial charge is 0.0310 e.